The Balaban J connectivity index is 1.10. The first-order valence-corrected chi connectivity index (χ1v) is 18.8. The molecule has 8 rings (SSSR count). The molecule has 8 aromatic rings. The molecular weight excluding hydrogens is 802 g/mol. The quantitative estimate of drug-likeness (QED) is 0.132. The number of hydrogen-bond donors (Lipinski definition) is 3. The van der Waals surface area contributed by atoms with Crippen molar-refractivity contribution in [3.63, 3.8) is 0 Å². The fraction of sp³-hybridized carbons (Fsp3) is 0. The predicted molar refractivity (Wildman–Crippen MR) is 231 cm³/mol. The summed E-state index contributed by atoms with van der Waals surface area (Å²) in [5.41, 5.74) is 2.52. The average molecular weight is 829 g/mol. The number of nitrogens with one attached hydrogen (secondary N) is 2. The first-order valence-electron chi connectivity index (χ1n) is 17.3. The maximum Gasteiger partial charge on any atom is 0.259 e. The maximum atomic E-state index is 13.9. The third-order valence-corrected chi connectivity index (χ3v) is 10.8. The number of aromatic hydroxyl groups is 1. The molecule has 0 aliphatic carbocycles. The minimum absolute atomic E-state index is 0.0248. The molecule has 57 heavy (non-hydrogen) atoms. The van der Waals surface area contributed by atoms with Crippen LogP contribution in [-0.4, -0.2) is 16.9 Å². The number of fused-ring (bicyclic) bond motifs is 3. The zero-order valence-corrected chi connectivity index (χ0v) is 32.4. The molecular formula is C44H26Cl4N6O3. The predicted octanol–water partition coefficient (Wildman–Crippen LogP) is 14.8. The Bertz CT molecular complexity index is 2990. The van der Waals surface area contributed by atoms with Gasteiger partial charge in [0.25, 0.3) is 11.8 Å². The second kappa shape index (κ2) is 16.0. The summed E-state index contributed by atoms with van der Waals surface area (Å²) < 4.78 is 0. The Labute approximate surface area is 345 Å². The molecule has 278 valence electrons. The molecule has 0 unspecified atom stereocenters. The van der Waals surface area contributed by atoms with E-state index in [1.807, 2.05) is 42.5 Å². The van der Waals surface area contributed by atoms with Crippen LogP contribution in [0.4, 0.5) is 34.1 Å². The van der Waals surface area contributed by atoms with Gasteiger partial charge in [0, 0.05) is 38.5 Å². The minimum atomic E-state index is -0.589. The Kier molecular flexibility index (Phi) is 10.6. The van der Waals surface area contributed by atoms with Gasteiger partial charge in [0.15, 0.2) is 5.75 Å². The van der Waals surface area contributed by atoms with Gasteiger partial charge in [-0.05, 0) is 65.4 Å². The van der Waals surface area contributed by atoms with Crippen molar-refractivity contribution in [3.8, 4) is 5.75 Å². The highest BCUT2D eigenvalue weighted by Gasteiger charge is 2.20. The molecule has 0 bridgehead atoms. The Hall–Kier alpha value is -6.36. The molecule has 9 nitrogen and oxygen atoms in total. The number of hydrogen-bond acceptors (Lipinski definition) is 7. The zero-order valence-electron chi connectivity index (χ0n) is 29.3. The van der Waals surface area contributed by atoms with E-state index in [0.717, 1.165) is 10.8 Å². The number of benzene rings is 8. The standard InChI is InChI=1S/C44H26Cl4N6O3/c45-32-15-7-19-36(39(32)47)51-53-38-23-26(21-24-9-1-3-11-27(24)38)43(56)49-34-17-5-14-30-29(34)13-6-18-35(30)50-44(57)31-22-25-10-2-4-12-28(25)41(42(31)55)54-52-37-20-8-16-33(46)40(37)48/h1-23,55H,(H,49,56)(H,50,57). The summed E-state index contributed by atoms with van der Waals surface area (Å²) in [6, 6.07) is 40.5. The number of azo groups is 2. The number of phenols is 1. The average Bonchev–Trinajstić information content (AvgIpc) is 3.22. The van der Waals surface area contributed by atoms with E-state index in [1.54, 1.807) is 97.1 Å². The fourth-order valence-electron chi connectivity index (χ4n) is 6.36. The molecule has 8 aromatic carbocycles. The molecule has 13 heteroatoms. The summed E-state index contributed by atoms with van der Waals surface area (Å²) in [4.78, 5) is 27.8. The van der Waals surface area contributed by atoms with Crippen molar-refractivity contribution in [1.29, 1.82) is 0 Å². The van der Waals surface area contributed by atoms with Crippen molar-refractivity contribution < 1.29 is 14.7 Å². The molecule has 0 heterocycles. The van der Waals surface area contributed by atoms with Gasteiger partial charge >= 0.3 is 0 Å². The lowest BCUT2D eigenvalue weighted by molar-refractivity contribution is 0.101. The van der Waals surface area contributed by atoms with Crippen molar-refractivity contribution in [1.82, 2.24) is 0 Å². The van der Waals surface area contributed by atoms with Gasteiger partial charge in [-0.2, -0.15) is 0 Å². The van der Waals surface area contributed by atoms with Crippen molar-refractivity contribution in [2.24, 2.45) is 20.5 Å². The Morgan fingerprint density at radius 3 is 1.60 bits per heavy atom. The van der Waals surface area contributed by atoms with E-state index >= 15 is 0 Å². The second-order valence-corrected chi connectivity index (χ2v) is 14.3. The molecule has 0 fully saturated rings. The maximum absolute atomic E-state index is 13.9. The highest BCUT2D eigenvalue weighted by Crippen LogP contribution is 2.42. The van der Waals surface area contributed by atoms with Gasteiger partial charge in [-0.25, -0.2) is 0 Å². The van der Waals surface area contributed by atoms with E-state index in [4.69, 9.17) is 46.4 Å². The zero-order chi connectivity index (χ0) is 39.6. The van der Waals surface area contributed by atoms with Crippen LogP contribution in [0.3, 0.4) is 0 Å². The van der Waals surface area contributed by atoms with Crippen molar-refractivity contribution >= 4 is 125 Å². The van der Waals surface area contributed by atoms with Crippen LogP contribution in [0.15, 0.2) is 160 Å². The molecule has 0 saturated carbocycles. The van der Waals surface area contributed by atoms with Crippen molar-refractivity contribution in [3.05, 3.63) is 171 Å². The number of carbonyl (C=O) groups is 2. The number of rotatable bonds is 8. The molecule has 0 aromatic heterocycles. The van der Waals surface area contributed by atoms with E-state index in [9.17, 15) is 14.7 Å². The summed E-state index contributed by atoms with van der Waals surface area (Å²) in [5, 5.41) is 40.0. The summed E-state index contributed by atoms with van der Waals surface area (Å²) in [6.45, 7) is 0. The number of carbonyl (C=O) groups excluding carboxylic acids is 2. The number of phenolic OH excluding ortho intramolecular Hbond substituents is 1. The van der Waals surface area contributed by atoms with Crippen LogP contribution in [0.2, 0.25) is 20.1 Å². The van der Waals surface area contributed by atoms with E-state index in [2.05, 4.69) is 31.1 Å². The van der Waals surface area contributed by atoms with Gasteiger partial charge in [-0.3, -0.25) is 9.59 Å². The van der Waals surface area contributed by atoms with Crippen molar-refractivity contribution in [2.75, 3.05) is 10.6 Å². The fourth-order valence-corrected chi connectivity index (χ4v) is 7.03. The van der Waals surface area contributed by atoms with Crippen LogP contribution >= 0.6 is 46.4 Å². The topological polar surface area (TPSA) is 128 Å². The normalized spacial score (nSPS) is 11.6. The van der Waals surface area contributed by atoms with Gasteiger partial charge < -0.3 is 15.7 Å². The summed E-state index contributed by atoms with van der Waals surface area (Å²) in [6.07, 6.45) is 0. The van der Waals surface area contributed by atoms with Gasteiger partial charge in [0.05, 0.1) is 31.3 Å². The lowest BCUT2D eigenvalue weighted by atomic mass is 10.0. The Morgan fingerprint density at radius 1 is 0.474 bits per heavy atom. The number of amides is 2. The largest absolute Gasteiger partial charge is 0.505 e. The Morgan fingerprint density at radius 2 is 0.965 bits per heavy atom. The van der Waals surface area contributed by atoms with E-state index < -0.39 is 5.91 Å². The summed E-state index contributed by atoms with van der Waals surface area (Å²) in [7, 11) is 0. The van der Waals surface area contributed by atoms with Crippen LogP contribution in [0.5, 0.6) is 5.75 Å². The molecule has 0 aliphatic heterocycles. The molecule has 0 atom stereocenters. The smallest absolute Gasteiger partial charge is 0.259 e. The number of anilines is 2. The van der Waals surface area contributed by atoms with E-state index in [-0.39, 0.29) is 33.0 Å². The molecule has 3 N–H and O–H groups in total. The van der Waals surface area contributed by atoms with Gasteiger partial charge in [-0.1, -0.05) is 131 Å². The van der Waals surface area contributed by atoms with Gasteiger partial charge in [0.2, 0.25) is 0 Å². The monoisotopic (exact) mass is 826 g/mol. The SMILES string of the molecule is O=C(Nc1cccc2c(NC(=O)c3cc4ccccc4c(N=Nc4cccc(Cl)c4Cl)c3O)cccc12)c1cc(N=Nc2cccc(Cl)c2Cl)c2ccccc2c1. The molecule has 0 spiro atoms. The van der Waals surface area contributed by atoms with E-state index in [1.165, 1.54) is 0 Å². The van der Waals surface area contributed by atoms with Crippen LogP contribution in [0.25, 0.3) is 32.3 Å². The van der Waals surface area contributed by atoms with Gasteiger partial charge in [-0.15, -0.1) is 20.5 Å². The van der Waals surface area contributed by atoms with Crippen LogP contribution < -0.4 is 10.6 Å². The van der Waals surface area contributed by atoms with Crippen LogP contribution in [0.1, 0.15) is 20.7 Å². The minimum Gasteiger partial charge on any atom is -0.505 e. The first-order chi connectivity index (χ1) is 27.7. The van der Waals surface area contributed by atoms with Gasteiger partial charge in [0.1, 0.15) is 17.1 Å². The second-order valence-electron chi connectivity index (χ2n) is 12.7. The molecule has 0 radical (unpaired) electrons. The summed E-state index contributed by atoms with van der Waals surface area (Å²) in [5.74, 6) is -1.35. The molecule has 2 amide bonds. The van der Waals surface area contributed by atoms with Crippen molar-refractivity contribution in [2.45, 2.75) is 0 Å². The molecule has 0 aliphatic rings. The highest BCUT2D eigenvalue weighted by atomic mass is 35.5. The highest BCUT2D eigenvalue weighted by molar-refractivity contribution is 6.44. The van der Waals surface area contributed by atoms with E-state index in [0.29, 0.717) is 65.6 Å². The lowest BCUT2D eigenvalue weighted by Gasteiger charge is -2.14. The lowest BCUT2D eigenvalue weighted by Crippen LogP contribution is -2.14. The third kappa shape index (κ3) is 7.61. The molecule has 0 saturated heterocycles. The first kappa shape index (κ1) is 37.6. The summed E-state index contributed by atoms with van der Waals surface area (Å²) >= 11 is 25.0. The van der Waals surface area contributed by atoms with Crippen LogP contribution in [0, 0.1) is 0 Å². The number of halogens is 4. The third-order valence-electron chi connectivity index (χ3n) is 9.15. The van der Waals surface area contributed by atoms with Crippen LogP contribution in [-0.2, 0) is 0 Å². The number of nitrogens with zero attached hydrogens (tertiary/aromatic N) is 4.